The van der Waals surface area contributed by atoms with Crippen molar-refractivity contribution in [1.82, 2.24) is 19.8 Å². The van der Waals surface area contributed by atoms with Crippen LogP contribution in [0.15, 0.2) is 53.4 Å². The fourth-order valence-corrected chi connectivity index (χ4v) is 4.37. The molecule has 0 bridgehead atoms. The van der Waals surface area contributed by atoms with Crippen LogP contribution in [0, 0.1) is 22.9 Å². The summed E-state index contributed by atoms with van der Waals surface area (Å²) in [4.78, 5) is 22.4. The Bertz CT molecular complexity index is 1290. The predicted octanol–water partition coefficient (Wildman–Crippen LogP) is 2.65. The van der Waals surface area contributed by atoms with Crippen LogP contribution in [-0.4, -0.2) is 42.1 Å². The smallest absolute Gasteiger partial charge is 0.270 e. The predicted molar refractivity (Wildman–Crippen MR) is 118 cm³/mol. The zero-order chi connectivity index (χ0) is 24.2. The average molecular weight is 496 g/mol. The van der Waals surface area contributed by atoms with Crippen LogP contribution in [-0.2, 0) is 16.6 Å². The van der Waals surface area contributed by atoms with Gasteiger partial charge in [-0.3, -0.25) is 14.9 Å². The number of rotatable bonds is 9. The zero-order valence-electron chi connectivity index (χ0n) is 17.3. The second kappa shape index (κ2) is 10.1. The molecule has 1 heterocycles. The summed E-state index contributed by atoms with van der Waals surface area (Å²) in [5, 5.41) is 17.7. The Morgan fingerprint density at radius 3 is 2.58 bits per heavy atom. The summed E-state index contributed by atoms with van der Waals surface area (Å²) in [6, 6.07) is 10.4. The number of non-ortho nitro benzene ring substituents is 1. The fraction of sp³-hybridized carbons (Fsp3) is 0.200. The summed E-state index contributed by atoms with van der Waals surface area (Å²) >= 11 is 6.31. The molecule has 0 atom stereocenters. The first kappa shape index (κ1) is 24.3. The summed E-state index contributed by atoms with van der Waals surface area (Å²) in [5.41, 5.74) is 0.898. The Labute approximate surface area is 193 Å². The molecule has 10 nitrogen and oxygen atoms in total. The normalized spacial score (nSPS) is 11.4. The van der Waals surface area contributed by atoms with E-state index < -0.39 is 20.9 Å². The van der Waals surface area contributed by atoms with Gasteiger partial charge in [-0.1, -0.05) is 29.8 Å². The molecular formula is C20H19ClFN5O5S. The summed E-state index contributed by atoms with van der Waals surface area (Å²) < 4.78 is 41.4. The molecule has 0 fully saturated rings. The van der Waals surface area contributed by atoms with E-state index in [1.54, 1.807) is 19.1 Å². The van der Waals surface area contributed by atoms with Gasteiger partial charge in [0.05, 0.1) is 27.6 Å². The van der Waals surface area contributed by atoms with Crippen molar-refractivity contribution in [2.75, 3.05) is 13.1 Å². The SMILES string of the molecule is Cc1nn(Cc2ccc(F)cc2)c(Cl)c1C(=O)NCCNS(=O)(=O)c1cccc([N+](=O)[O-])c1. The third-order valence-corrected chi connectivity index (χ3v) is 6.42. The van der Waals surface area contributed by atoms with Gasteiger partial charge in [0.2, 0.25) is 10.0 Å². The molecule has 0 aliphatic heterocycles. The largest absolute Gasteiger partial charge is 0.351 e. The highest BCUT2D eigenvalue weighted by atomic mass is 35.5. The third kappa shape index (κ3) is 5.92. The van der Waals surface area contributed by atoms with Crippen LogP contribution in [0.1, 0.15) is 21.6 Å². The van der Waals surface area contributed by atoms with Crippen molar-refractivity contribution in [3.8, 4) is 0 Å². The van der Waals surface area contributed by atoms with E-state index in [1.165, 1.54) is 35.0 Å². The molecule has 13 heteroatoms. The van der Waals surface area contributed by atoms with Crippen LogP contribution in [0.25, 0.3) is 0 Å². The lowest BCUT2D eigenvalue weighted by atomic mass is 10.2. The number of hydrogen-bond donors (Lipinski definition) is 2. The average Bonchev–Trinajstić information content (AvgIpc) is 3.05. The second-order valence-corrected chi connectivity index (χ2v) is 9.07. The van der Waals surface area contributed by atoms with Gasteiger partial charge in [0.25, 0.3) is 11.6 Å². The molecule has 2 N–H and O–H groups in total. The molecule has 0 saturated heterocycles. The number of hydrogen-bond acceptors (Lipinski definition) is 6. The molecule has 33 heavy (non-hydrogen) atoms. The van der Waals surface area contributed by atoms with Gasteiger partial charge < -0.3 is 5.32 Å². The molecule has 0 radical (unpaired) electrons. The first-order valence-electron chi connectivity index (χ1n) is 9.58. The van der Waals surface area contributed by atoms with E-state index in [9.17, 15) is 27.7 Å². The monoisotopic (exact) mass is 495 g/mol. The Kier molecular flexibility index (Phi) is 7.41. The van der Waals surface area contributed by atoms with Crippen LogP contribution in [0.2, 0.25) is 5.15 Å². The molecular weight excluding hydrogens is 477 g/mol. The van der Waals surface area contributed by atoms with Crippen LogP contribution >= 0.6 is 11.6 Å². The fourth-order valence-electron chi connectivity index (χ4n) is 2.98. The van der Waals surface area contributed by atoms with Crippen molar-refractivity contribution in [2.24, 2.45) is 0 Å². The minimum Gasteiger partial charge on any atom is -0.351 e. The molecule has 1 amide bonds. The minimum absolute atomic E-state index is 0.0636. The van der Waals surface area contributed by atoms with Crippen molar-refractivity contribution in [1.29, 1.82) is 0 Å². The number of halogens is 2. The van der Waals surface area contributed by atoms with Gasteiger partial charge in [-0.25, -0.2) is 22.2 Å². The van der Waals surface area contributed by atoms with E-state index in [1.807, 2.05) is 0 Å². The quantitative estimate of drug-likeness (QED) is 0.266. The van der Waals surface area contributed by atoms with Crippen LogP contribution < -0.4 is 10.0 Å². The molecule has 0 aliphatic carbocycles. The number of nitrogens with zero attached hydrogens (tertiary/aromatic N) is 3. The van der Waals surface area contributed by atoms with Gasteiger partial charge in [0, 0.05) is 25.2 Å². The van der Waals surface area contributed by atoms with E-state index >= 15 is 0 Å². The van der Waals surface area contributed by atoms with E-state index in [0.717, 1.165) is 11.6 Å². The number of carbonyl (C=O) groups is 1. The second-order valence-electron chi connectivity index (χ2n) is 6.94. The maximum atomic E-state index is 13.1. The van der Waals surface area contributed by atoms with E-state index in [2.05, 4.69) is 15.1 Å². The Balaban J connectivity index is 1.60. The number of carbonyl (C=O) groups excluding carboxylic acids is 1. The molecule has 1 aromatic heterocycles. The van der Waals surface area contributed by atoms with E-state index in [-0.39, 0.29) is 46.8 Å². The summed E-state index contributed by atoms with van der Waals surface area (Å²) in [6.07, 6.45) is 0. The van der Waals surface area contributed by atoms with Gasteiger partial charge in [0.15, 0.2) is 0 Å². The highest BCUT2D eigenvalue weighted by molar-refractivity contribution is 7.89. The topological polar surface area (TPSA) is 136 Å². The Morgan fingerprint density at radius 2 is 1.91 bits per heavy atom. The number of nitrogens with one attached hydrogen (secondary N) is 2. The van der Waals surface area contributed by atoms with Gasteiger partial charge in [-0.15, -0.1) is 0 Å². The Hall–Kier alpha value is -3.35. The van der Waals surface area contributed by atoms with Crippen molar-refractivity contribution in [3.05, 3.63) is 86.4 Å². The van der Waals surface area contributed by atoms with Gasteiger partial charge in [-0.05, 0) is 30.7 Å². The molecule has 0 saturated carbocycles. The molecule has 174 valence electrons. The van der Waals surface area contributed by atoms with E-state index in [4.69, 9.17) is 11.6 Å². The molecule has 0 aliphatic rings. The summed E-state index contributed by atoms with van der Waals surface area (Å²) in [5.74, 6) is -0.917. The maximum Gasteiger partial charge on any atom is 0.270 e. The van der Waals surface area contributed by atoms with Crippen molar-refractivity contribution in [3.63, 3.8) is 0 Å². The standard InChI is InChI=1S/C20H19ClFN5O5S/c1-13-18(19(21)26(25-13)12-14-5-7-15(22)8-6-14)20(28)23-9-10-24-33(31,32)17-4-2-3-16(11-17)27(29)30/h2-8,11,24H,9-10,12H2,1H3,(H,23,28). The third-order valence-electron chi connectivity index (χ3n) is 4.58. The molecule has 3 rings (SSSR count). The minimum atomic E-state index is -4.00. The lowest BCUT2D eigenvalue weighted by molar-refractivity contribution is -0.385. The summed E-state index contributed by atoms with van der Waals surface area (Å²) in [6.45, 7) is 1.62. The number of aryl methyl sites for hydroxylation is 1. The molecule has 0 spiro atoms. The molecule has 3 aromatic rings. The first-order valence-corrected chi connectivity index (χ1v) is 11.4. The first-order chi connectivity index (χ1) is 15.6. The molecule has 0 unspecified atom stereocenters. The number of aromatic nitrogens is 2. The van der Waals surface area contributed by atoms with Crippen molar-refractivity contribution in [2.45, 2.75) is 18.4 Å². The zero-order valence-corrected chi connectivity index (χ0v) is 18.9. The number of sulfonamides is 1. The van der Waals surface area contributed by atoms with Crippen molar-refractivity contribution >= 4 is 33.2 Å². The number of amides is 1. The van der Waals surface area contributed by atoms with Crippen LogP contribution in [0.4, 0.5) is 10.1 Å². The maximum absolute atomic E-state index is 13.1. The van der Waals surface area contributed by atoms with Crippen molar-refractivity contribution < 1.29 is 22.5 Å². The lowest BCUT2D eigenvalue weighted by Crippen LogP contribution is -2.35. The number of nitro benzene ring substituents is 1. The Morgan fingerprint density at radius 1 is 1.21 bits per heavy atom. The number of benzene rings is 2. The van der Waals surface area contributed by atoms with E-state index in [0.29, 0.717) is 5.69 Å². The highest BCUT2D eigenvalue weighted by Gasteiger charge is 2.21. The van der Waals surface area contributed by atoms with Gasteiger partial charge in [-0.2, -0.15) is 5.10 Å². The van der Waals surface area contributed by atoms with Crippen LogP contribution in [0.3, 0.4) is 0 Å². The lowest BCUT2D eigenvalue weighted by Gasteiger charge is -2.08. The van der Waals surface area contributed by atoms with Crippen LogP contribution in [0.5, 0.6) is 0 Å². The number of nitro groups is 1. The summed E-state index contributed by atoms with van der Waals surface area (Å²) in [7, 11) is -4.00. The van der Waals surface area contributed by atoms with Gasteiger partial charge in [0.1, 0.15) is 11.0 Å². The highest BCUT2D eigenvalue weighted by Crippen LogP contribution is 2.21. The van der Waals surface area contributed by atoms with Gasteiger partial charge >= 0.3 is 0 Å². The molecule has 2 aromatic carbocycles.